The molecule has 0 spiro atoms. The van der Waals surface area contributed by atoms with Crippen LogP contribution in [0.2, 0.25) is 0 Å². The topological polar surface area (TPSA) is 57.5 Å². The molecule has 0 radical (unpaired) electrons. The SMILES string of the molecule is CC1=CC(=O)Cc2c1ccc(O)c2O. The minimum absolute atomic E-state index is 0.0455. The van der Waals surface area contributed by atoms with Crippen molar-refractivity contribution < 1.29 is 15.0 Å². The van der Waals surface area contributed by atoms with Gasteiger partial charge in [0.2, 0.25) is 0 Å². The van der Waals surface area contributed by atoms with Crippen molar-refractivity contribution >= 4 is 11.4 Å². The third kappa shape index (κ3) is 1.18. The van der Waals surface area contributed by atoms with Crippen LogP contribution in [0.1, 0.15) is 18.1 Å². The number of ketones is 1. The Kier molecular flexibility index (Phi) is 1.81. The van der Waals surface area contributed by atoms with Gasteiger partial charge in [0.15, 0.2) is 17.3 Å². The molecule has 2 rings (SSSR count). The van der Waals surface area contributed by atoms with Gasteiger partial charge >= 0.3 is 0 Å². The molecule has 0 saturated carbocycles. The number of carbonyl (C=O) groups excluding carboxylic acids is 1. The second-order valence-electron chi connectivity index (χ2n) is 3.43. The molecule has 0 saturated heterocycles. The Balaban J connectivity index is 2.69. The summed E-state index contributed by atoms with van der Waals surface area (Å²) in [5.74, 6) is -0.398. The molecule has 0 unspecified atom stereocenters. The van der Waals surface area contributed by atoms with E-state index in [-0.39, 0.29) is 23.7 Å². The van der Waals surface area contributed by atoms with Crippen LogP contribution in [0.4, 0.5) is 0 Å². The molecule has 1 aliphatic rings. The number of benzene rings is 1. The highest BCUT2D eigenvalue weighted by atomic mass is 16.3. The summed E-state index contributed by atoms with van der Waals surface area (Å²) in [5.41, 5.74) is 2.18. The van der Waals surface area contributed by atoms with Gasteiger partial charge in [-0.05, 0) is 30.2 Å². The zero-order valence-corrected chi connectivity index (χ0v) is 7.74. The predicted molar refractivity (Wildman–Crippen MR) is 52.1 cm³/mol. The average molecular weight is 190 g/mol. The number of hydrogen-bond donors (Lipinski definition) is 2. The van der Waals surface area contributed by atoms with Gasteiger partial charge in [0.25, 0.3) is 0 Å². The van der Waals surface area contributed by atoms with Gasteiger partial charge in [-0.2, -0.15) is 0 Å². The number of hydrogen-bond acceptors (Lipinski definition) is 3. The maximum atomic E-state index is 11.2. The fourth-order valence-electron chi connectivity index (χ4n) is 1.72. The van der Waals surface area contributed by atoms with E-state index in [0.29, 0.717) is 5.56 Å². The Bertz CT molecular complexity index is 444. The molecule has 1 aromatic carbocycles. The molecule has 0 aromatic heterocycles. The molecule has 3 nitrogen and oxygen atoms in total. The lowest BCUT2D eigenvalue weighted by Crippen LogP contribution is -2.08. The minimum Gasteiger partial charge on any atom is -0.504 e. The Morgan fingerprint density at radius 1 is 1.29 bits per heavy atom. The maximum absolute atomic E-state index is 11.2. The number of fused-ring (bicyclic) bond motifs is 1. The first kappa shape index (κ1) is 8.81. The zero-order valence-electron chi connectivity index (χ0n) is 7.74. The summed E-state index contributed by atoms with van der Waals surface area (Å²) in [6.07, 6.45) is 1.71. The first-order valence-electron chi connectivity index (χ1n) is 4.35. The fraction of sp³-hybridized carbons (Fsp3) is 0.182. The van der Waals surface area contributed by atoms with E-state index >= 15 is 0 Å². The van der Waals surface area contributed by atoms with Crippen molar-refractivity contribution in [2.75, 3.05) is 0 Å². The highest BCUT2D eigenvalue weighted by Crippen LogP contribution is 2.36. The van der Waals surface area contributed by atoms with E-state index in [9.17, 15) is 15.0 Å². The van der Waals surface area contributed by atoms with Crippen molar-refractivity contribution in [1.82, 2.24) is 0 Å². The summed E-state index contributed by atoms with van der Waals surface area (Å²) < 4.78 is 0. The van der Waals surface area contributed by atoms with Gasteiger partial charge in [-0.25, -0.2) is 0 Å². The highest BCUT2D eigenvalue weighted by Gasteiger charge is 2.19. The number of phenols is 2. The monoisotopic (exact) mass is 190 g/mol. The molecule has 0 amide bonds. The van der Waals surface area contributed by atoms with Crippen LogP contribution in [0, 0.1) is 0 Å². The number of rotatable bonds is 0. The lowest BCUT2D eigenvalue weighted by molar-refractivity contribution is -0.114. The van der Waals surface area contributed by atoms with Crippen molar-refractivity contribution in [3.63, 3.8) is 0 Å². The van der Waals surface area contributed by atoms with Crippen LogP contribution >= 0.6 is 0 Å². The standard InChI is InChI=1S/C11H10O3/c1-6-4-7(12)5-9-8(6)2-3-10(13)11(9)14/h2-4,13-14H,5H2,1H3. The van der Waals surface area contributed by atoms with E-state index in [1.165, 1.54) is 6.07 Å². The van der Waals surface area contributed by atoms with E-state index in [1.807, 2.05) is 6.92 Å². The van der Waals surface area contributed by atoms with Gasteiger partial charge in [-0.1, -0.05) is 6.07 Å². The molecule has 72 valence electrons. The Labute approximate surface area is 81.3 Å². The largest absolute Gasteiger partial charge is 0.504 e. The molecule has 0 aliphatic heterocycles. The summed E-state index contributed by atoms with van der Waals surface area (Å²) in [6, 6.07) is 3.14. The van der Waals surface area contributed by atoms with Gasteiger partial charge in [-0.3, -0.25) is 4.79 Å². The third-order valence-electron chi connectivity index (χ3n) is 2.41. The summed E-state index contributed by atoms with van der Waals surface area (Å²) >= 11 is 0. The van der Waals surface area contributed by atoms with Crippen LogP contribution in [-0.2, 0) is 11.2 Å². The molecule has 0 heterocycles. The van der Waals surface area contributed by atoms with Gasteiger partial charge in [0, 0.05) is 12.0 Å². The first-order chi connectivity index (χ1) is 6.59. The number of allylic oxidation sites excluding steroid dienone is 2. The molecule has 3 heteroatoms. The van der Waals surface area contributed by atoms with Crippen LogP contribution in [-0.4, -0.2) is 16.0 Å². The summed E-state index contributed by atoms with van der Waals surface area (Å²) in [7, 11) is 0. The molecular formula is C11H10O3. The lowest BCUT2D eigenvalue weighted by atomic mass is 9.90. The van der Waals surface area contributed by atoms with Crippen molar-refractivity contribution in [3.8, 4) is 11.5 Å². The number of phenolic OH excluding ortho intramolecular Hbond substituents is 2. The van der Waals surface area contributed by atoms with Crippen molar-refractivity contribution in [3.05, 3.63) is 29.3 Å². The summed E-state index contributed by atoms with van der Waals surface area (Å²) in [5, 5.41) is 18.8. The Morgan fingerprint density at radius 2 is 2.00 bits per heavy atom. The van der Waals surface area contributed by atoms with E-state index in [4.69, 9.17) is 0 Å². The highest BCUT2D eigenvalue weighted by molar-refractivity contribution is 6.02. The molecule has 0 fully saturated rings. The van der Waals surface area contributed by atoms with Gasteiger partial charge < -0.3 is 10.2 Å². The van der Waals surface area contributed by atoms with Gasteiger partial charge in [-0.15, -0.1) is 0 Å². The van der Waals surface area contributed by atoms with Crippen molar-refractivity contribution in [1.29, 1.82) is 0 Å². The van der Waals surface area contributed by atoms with Gasteiger partial charge in [0.05, 0.1) is 0 Å². The molecule has 0 bridgehead atoms. The van der Waals surface area contributed by atoms with E-state index in [1.54, 1.807) is 12.1 Å². The summed E-state index contributed by atoms with van der Waals surface area (Å²) in [6.45, 7) is 1.81. The second-order valence-corrected chi connectivity index (χ2v) is 3.43. The average Bonchev–Trinajstić information content (AvgIpc) is 2.12. The lowest BCUT2D eigenvalue weighted by Gasteiger charge is -2.15. The number of aromatic hydroxyl groups is 2. The smallest absolute Gasteiger partial charge is 0.161 e. The van der Waals surface area contributed by atoms with E-state index in [2.05, 4.69) is 0 Å². The summed E-state index contributed by atoms with van der Waals surface area (Å²) in [4.78, 5) is 11.2. The first-order valence-corrected chi connectivity index (χ1v) is 4.35. The molecule has 14 heavy (non-hydrogen) atoms. The third-order valence-corrected chi connectivity index (χ3v) is 2.41. The molecule has 1 aliphatic carbocycles. The van der Waals surface area contributed by atoms with Crippen molar-refractivity contribution in [2.45, 2.75) is 13.3 Å². The zero-order chi connectivity index (χ0) is 10.3. The van der Waals surface area contributed by atoms with Crippen LogP contribution in [0.5, 0.6) is 11.5 Å². The molecule has 2 N–H and O–H groups in total. The molecule has 1 aromatic rings. The quantitative estimate of drug-likeness (QED) is 0.611. The maximum Gasteiger partial charge on any atom is 0.161 e. The van der Waals surface area contributed by atoms with Crippen molar-refractivity contribution in [2.24, 2.45) is 0 Å². The molecular weight excluding hydrogens is 180 g/mol. The van der Waals surface area contributed by atoms with Crippen LogP contribution in [0.15, 0.2) is 18.2 Å². The van der Waals surface area contributed by atoms with Crippen LogP contribution in [0.25, 0.3) is 5.57 Å². The van der Waals surface area contributed by atoms with Crippen LogP contribution in [0.3, 0.4) is 0 Å². The Morgan fingerprint density at radius 3 is 2.71 bits per heavy atom. The van der Waals surface area contributed by atoms with Crippen LogP contribution < -0.4 is 0 Å². The van der Waals surface area contributed by atoms with E-state index in [0.717, 1.165) is 11.1 Å². The predicted octanol–water partition coefficient (Wildman–Crippen LogP) is 1.63. The minimum atomic E-state index is -0.177. The second kappa shape index (κ2) is 2.87. The van der Waals surface area contributed by atoms with Gasteiger partial charge in [0.1, 0.15) is 0 Å². The van der Waals surface area contributed by atoms with E-state index < -0.39 is 0 Å². The molecule has 0 atom stereocenters. The normalized spacial score (nSPS) is 14.9. The fourth-order valence-corrected chi connectivity index (χ4v) is 1.72. The number of carbonyl (C=O) groups is 1. The Hall–Kier alpha value is -1.77.